The monoisotopic (exact) mass is 247 g/mol. The van der Waals surface area contributed by atoms with Gasteiger partial charge in [0.15, 0.2) is 0 Å². The summed E-state index contributed by atoms with van der Waals surface area (Å²) in [5.41, 5.74) is 0. The molecule has 0 unspecified atom stereocenters. The van der Waals surface area contributed by atoms with Crippen LogP contribution in [0.5, 0.6) is 0 Å². The van der Waals surface area contributed by atoms with Gasteiger partial charge in [-0.1, -0.05) is 0 Å². The lowest BCUT2D eigenvalue weighted by Crippen LogP contribution is -2.31. The molecule has 0 aromatic carbocycles. The Morgan fingerprint density at radius 2 is 1.73 bits per heavy atom. The second kappa shape index (κ2) is 5.69. The molecular formula is C8H16F3NO2S. The first-order valence-electron chi connectivity index (χ1n) is 4.70. The highest BCUT2D eigenvalue weighted by atomic mass is 32.2. The summed E-state index contributed by atoms with van der Waals surface area (Å²) < 4.78 is 59.7. The van der Waals surface area contributed by atoms with Crippen molar-refractivity contribution in [3.8, 4) is 0 Å². The molecule has 0 aliphatic rings. The van der Waals surface area contributed by atoms with Gasteiger partial charge in [-0.15, -0.1) is 0 Å². The highest BCUT2D eigenvalue weighted by Gasteiger charge is 2.25. The van der Waals surface area contributed by atoms with E-state index in [9.17, 15) is 21.6 Å². The Hall–Kier alpha value is -0.300. The van der Waals surface area contributed by atoms with Gasteiger partial charge in [-0.2, -0.15) is 13.2 Å². The van der Waals surface area contributed by atoms with Crippen molar-refractivity contribution in [1.82, 2.24) is 4.72 Å². The van der Waals surface area contributed by atoms with Crippen molar-refractivity contribution in [2.45, 2.75) is 44.5 Å². The third-order valence-corrected chi connectivity index (χ3v) is 3.66. The van der Waals surface area contributed by atoms with Crippen LogP contribution >= 0.6 is 0 Å². The summed E-state index contributed by atoms with van der Waals surface area (Å²) in [7, 11) is -3.35. The van der Waals surface area contributed by atoms with Crippen LogP contribution in [0.25, 0.3) is 0 Å². The highest BCUT2D eigenvalue weighted by Crippen LogP contribution is 2.21. The minimum atomic E-state index is -4.16. The molecule has 3 nitrogen and oxygen atoms in total. The summed E-state index contributed by atoms with van der Waals surface area (Å²) >= 11 is 0. The van der Waals surface area contributed by atoms with Gasteiger partial charge in [0.05, 0.1) is 5.25 Å². The third kappa shape index (κ3) is 7.61. The SMILES string of the molecule is CC(C)S(=O)(=O)NCCCCC(F)(F)F. The second-order valence-electron chi connectivity index (χ2n) is 3.56. The maximum absolute atomic E-state index is 11.7. The number of rotatable bonds is 6. The lowest BCUT2D eigenvalue weighted by molar-refractivity contribution is -0.135. The van der Waals surface area contributed by atoms with Crippen molar-refractivity contribution in [3.63, 3.8) is 0 Å². The first-order valence-corrected chi connectivity index (χ1v) is 6.25. The molecule has 0 aliphatic heterocycles. The normalized spacial score (nSPS) is 13.5. The number of unbranched alkanes of at least 4 members (excludes halogenated alkanes) is 1. The zero-order chi connectivity index (χ0) is 12.1. The molecule has 0 saturated carbocycles. The quantitative estimate of drug-likeness (QED) is 0.730. The van der Waals surface area contributed by atoms with Crippen LogP contribution < -0.4 is 4.72 Å². The van der Waals surface area contributed by atoms with Crippen LogP contribution in [0.2, 0.25) is 0 Å². The average Bonchev–Trinajstić information content (AvgIpc) is 2.00. The van der Waals surface area contributed by atoms with Crippen LogP contribution in [0.4, 0.5) is 13.2 Å². The van der Waals surface area contributed by atoms with Crippen LogP contribution in [0.1, 0.15) is 33.1 Å². The van der Waals surface area contributed by atoms with Gasteiger partial charge >= 0.3 is 6.18 Å². The van der Waals surface area contributed by atoms with Gasteiger partial charge in [-0.3, -0.25) is 0 Å². The predicted molar refractivity (Wildman–Crippen MR) is 52.0 cm³/mol. The Morgan fingerprint density at radius 3 is 2.13 bits per heavy atom. The fraction of sp³-hybridized carbons (Fsp3) is 1.00. The fourth-order valence-electron chi connectivity index (χ4n) is 0.832. The van der Waals surface area contributed by atoms with Crippen molar-refractivity contribution in [2.24, 2.45) is 0 Å². The fourth-order valence-corrected chi connectivity index (χ4v) is 1.59. The summed E-state index contributed by atoms with van der Waals surface area (Å²) in [6.07, 6.45) is -4.87. The lowest BCUT2D eigenvalue weighted by Gasteiger charge is -2.09. The van der Waals surface area contributed by atoms with Crippen molar-refractivity contribution in [2.75, 3.05) is 6.54 Å². The molecule has 0 radical (unpaired) electrons. The smallest absolute Gasteiger partial charge is 0.215 e. The minimum Gasteiger partial charge on any atom is -0.215 e. The summed E-state index contributed by atoms with van der Waals surface area (Å²) in [6, 6.07) is 0. The topological polar surface area (TPSA) is 46.2 Å². The number of sulfonamides is 1. The average molecular weight is 247 g/mol. The molecule has 7 heteroatoms. The molecule has 92 valence electrons. The van der Waals surface area contributed by atoms with Gasteiger partial charge in [0.25, 0.3) is 0 Å². The number of hydrogen-bond acceptors (Lipinski definition) is 2. The lowest BCUT2D eigenvalue weighted by atomic mass is 10.2. The maximum Gasteiger partial charge on any atom is 0.389 e. The zero-order valence-electron chi connectivity index (χ0n) is 8.76. The molecule has 0 atom stereocenters. The molecule has 0 aromatic heterocycles. The van der Waals surface area contributed by atoms with E-state index in [1.54, 1.807) is 0 Å². The zero-order valence-corrected chi connectivity index (χ0v) is 9.58. The summed E-state index contributed by atoms with van der Waals surface area (Å²) in [5, 5.41) is -0.555. The molecule has 0 saturated heterocycles. The molecule has 0 bridgehead atoms. The van der Waals surface area contributed by atoms with Crippen molar-refractivity contribution in [3.05, 3.63) is 0 Å². The molecule has 0 spiro atoms. The summed E-state index contributed by atoms with van der Waals surface area (Å²) in [6.45, 7) is 3.09. The first kappa shape index (κ1) is 14.7. The van der Waals surface area contributed by atoms with E-state index in [-0.39, 0.29) is 19.4 Å². The maximum atomic E-state index is 11.7. The Kier molecular flexibility index (Phi) is 5.58. The van der Waals surface area contributed by atoms with Crippen LogP contribution in [0, 0.1) is 0 Å². The van der Waals surface area contributed by atoms with Crippen LogP contribution in [-0.4, -0.2) is 26.4 Å². The van der Waals surface area contributed by atoms with E-state index in [1.165, 1.54) is 13.8 Å². The number of halogens is 3. The summed E-state index contributed by atoms with van der Waals surface area (Å²) in [4.78, 5) is 0. The van der Waals surface area contributed by atoms with E-state index >= 15 is 0 Å². The third-order valence-electron chi connectivity index (χ3n) is 1.81. The van der Waals surface area contributed by atoms with Crippen molar-refractivity contribution in [1.29, 1.82) is 0 Å². The molecular weight excluding hydrogens is 231 g/mol. The molecule has 0 aliphatic carbocycles. The Morgan fingerprint density at radius 1 is 1.20 bits per heavy atom. The van der Waals surface area contributed by atoms with Gasteiger partial charge in [0.2, 0.25) is 10.0 Å². The van der Waals surface area contributed by atoms with Crippen molar-refractivity contribution >= 4 is 10.0 Å². The molecule has 0 heterocycles. The van der Waals surface area contributed by atoms with E-state index in [2.05, 4.69) is 4.72 Å². The van der Waals surface area contributed by atoms with Crippen LogP contribution in [-0.2, 0) is 10.0 Å². The predicted octanol–water partition coefficient (Wildman–Crippen LogP) is 2.05. The first-order chi connectivity index (χ1) is 6.65. The van der Waals surface area contributed by atoms with E-state index in [0.717, 1.165) is 0 Å². The standard InChI is InChI=1S/C8H16F3NO2S/c1-7(2)15(13,14)12-6-4-3-5-8(9,10)11/h7,12H,3-6H2,1-2H3. The van der Waals surface area contributed by atoms with Crippen LogP contribution in [0.3, 0.4) is 0 Å². The van der Waals surface area contributed by atoms with E-state index in [1.807, 2.05) is 0 Å². The minimum absolute atomic E-state index is 0.0515. The van der Waals surface area contributed by atoms with Crippen LogP contribution in [0.15, 0.2) is 0 Å². The molecule has 0 fully saturated rings. The van der Waals surface area contributed by atoms with E-state index in [4.69, 9.17) is 0 Å². The van der Waals surface area contributed by atoms with E-state index in [0.29, 0.717) is 0 Å². The molecule has 15 heavy (non-hydrogen) atoms. The number of alkyl halides is 3. The molecule has 0 amide bonds. The number of nitrogens with one attached hydrogen (secondary N) is 1. The largest absolute Gasteiger partial charge is 0.389 e. The second-order valence-corrected chi connectivity index (χ2v) is 5.88. The van der Waals surface area contributed by atoms with Gasteiger partial charge in [-0.25, -0.2) is 13.1 Å². The summed E-state index contributed by atoms with van der Waals surface area (Å²) in [5.74, 6) is 0. The van der Waals surface area contributed by atoms with Gasteiger partial charge < -0.3 is 0 Å². The van der Waals surface area contributed by atoms with Gasteiger partial charge in [-0.05, 0) is 26.7 Å². The van der Waals surface area contributed by atoms with E-state index < -0.39 is 27.9 Å². The Labute approximate surface area is 88.1 Å². The highest BCUT2D eigenvalue weighted by molar-refractivity contribution is 7.90. The molecule has 0 rings (SSSR count). The molecule has 0 aromatic rings. The van der Waals surface area contributed by atoms with Gasteiger partial charge in [0, 0.05) is 13.0 Å². The van der Waals surface area contributed by atoms with Crippen molar-refractivity contribution < 1.29 is 21.6 Å². The van der Waals surface area contributed by atoms with Gasteiger partial charge in [0.1, 0.15) is 0 Å². The Bertz CT molecular complexity index is 272. The number of hydrogen-bond donors (Lipinski definition) is 1. The molecule has 1 N–H and O–H groups in total. The Balaban J connectivity index is 3.65.